The van der Waals surface area contributed by atoms with E-state index < -0.39 is 0 Å². The molecule has 0 aliphatic carbocycles. The highest BCUT2D eigenvalue weighted by Gasteiger charge is 2.16. The molecule has 0 unspecified atom stereocenters. The topological polar surface area (TPSA) is 81.3 Å². The molecule has 0 fully saturated rings. The van der Waals surface area contributed by atoms with Gasteiger partial charge in [0.05, 0.1) is 5.69 Å². The Morgan fingerprint density at radius 3 is 2.88 bits per heavy atom. The van der Waals surface area contributed by atoms with Crippen molar-refractivity contribution in [1.29, 1.82) is 0 Å². The molecule has 3 aromatic rings. The fourth-order valence-corrected chi connectivity index (χ4v) is 3.13. The van der Waals surface area contributed by atoms with Gasteiger partial charge in [-0.3, -0.25) is 0 Å². The number of benzene rings is 1. The Kier molecular flexibility index (Phi) is 5.39. The lowest BCUT2D eigenvalue weighted by Gasteiger charge is -2.14. The molecule has 130 valence electrons. The Hall–Kier alpha value is -2.33. The normalized spacial score (nSPS) is 11.6. The Morgan fingerprint density at radius 1 is 1.40 bits per heavy atom. The molecule has 25 heavy (non-hydrogen) atoms. The van der Waals surface area contributed by atoms with Gasteiger partial charge in [0.2, 0.25) is 5.82 Å². The lowest BCUT2D eigenvalue weighted by Crippen LogP contribution is -2.14. The maximum Gasteiger partial charge on any atom is 0.204 e. The molecule has 10 heteroatoms. The molecule has 2 heterocycles. The second kappa shape index (κ2) is 7.70. The molecule has 0 amide bonds. The second-order valence-corrected chi connectivity index (χ2v) is 7.51. The molecule has 0 atom stereocenters. The van der Waals surface area contributed by atoms with Gasteiger partial charge < -0.3 is 9.74 Å². The largest absolute Gasteiger partial charge is 0.389 e. The molecule has 0 aliphatic heterocycles. The van der Waals surface area contributed by atoms with Crippen LogP contribution < -0.4 is 4.90 Å². The number of hydrogen-bond acceptors (Lipinski definition) is 8. The van der Waals surface area contributed by atoms with Crippen LogP contribution in [0.5, 0.6) is 0 Å². The number of aryl methyl sites for hydroxylation is 1. The van der Waals surface area contributed by atoms with E-state index in [0.717, 1.165) is 20.9 Å². The molecule has 0 aliphatic rings. The molecule has 0 bridgehead atoms. The molecule has 0 saturated carbocycles. The van der Waals surface area contributed by atoms with Gasteiger partial charge in [0.15, 0.2) is 16.2 Å². The first-order chi connectivity index (χ1) is 12.0. The average molecular weight is 422 g/mol. The number of anilines is 1. The van der Waals surface area contributed by atoms with Crippen molar-refractivity contribution in [1.82, 2.24) is 25.2 Å². The first-order valence-corrected chi connectivity index (χ1v) is 9.02. The fraction of sp³-hybridized carbons (Fsp3) is 0.267. The van der Waals surface area contributed by atoms with E-state index in [4.69, 9.17) is 4.84 Å². The molecule has 0 radical (unpaired) electrons. The van der Waals surface area contributed by atoms with Crippen molar-refractivity contribution in [2.45, 2.75) is 6.61 Å². The van der Waals surface area contributed by atoms with Crippen molar-refractivity contribution in [3.05, 3.63) is 50.6 Å². The average Bonchev–Trinajstić information content (AvgIpc) is 3.20. The number of nitrogens with zero attached hydrogens (tertiary/aromatic N) is 7. The quantitative estimate of drug-likeness (QED) is 0.449. The minimum absolute atomic E-state index is 0.268. The van der Waals surface area contributed by atoms with Gasteiger partial charge in [-0.15, -0.1) is 16.4 Å². The van der Waals surface area contributed by atoms with E-state index in [0.29, 0.717) is 11.5 Å². The van der Waals surface area contributed by atoms with Gasteiger partial charge in [0.25, 0.3) is 0 Å². The third-order valence-corrected chi connectivity index (χ3v) is 4.77. The molecule has 3 rings (SSSR count). The minimum Gasteiger partial charge on any atom is -0.389 e. The Bertz CT molecular complexity index is 889. The molecule has 1 aromatic carbocycles. The summed E-state index contributed by atoms with van der Waals surface area (Å²) in [5.74, 6) is 0.523. The third kappa shape index (κ3) is 4.20. The second-order valence-electron chi connectivity index (χ2n) is 5.38. The zero-order chi connectivity index (χ0) is 17.8. The van der Waals surface area contributed by atoms with E-state index in [9.17, 15) is 0 Å². The van der Waals surface area contributed by atoms with Crippen LogP contribution in [0.4, 0.5) is 5.69 Å². The van der Waals surface area contributed by atoms with E-state index in [-0.39, 0.29) is 6.61 Å². The zero-order valence-electron chi connectivity index (χ0n) is 13.9. The Morgan fingerprint density at radius 2 is 2.24 bits per heavy atom. The van der Waals surface area contributed by atoms with Gasteiger partial charge >= 0.3 is 0 Å². The van der Waals surface area contributed by atoms with Gasteiger partial charge in [-0.2, -0.15) is 0 Å². The van der Waals surface area contributed by atoms with Crippen LogP contribution >= 0.6 is 27.3 Å². The van der Waals surface area contributed by atoms with Crippen molar-refractivity contribution in [3.8, 4) is 0 Å². The van der Waals surface area contributed by atoms with E-state index >= 15 is 0 Å². The SMILES string of the molecule is CN(C)c1cccc(/C(=N\OCc2csc(Br)n2)c2nnnn2C)c1. The molecule has 2 aromatic heterocycles. The number of halogens is 1. The summed E-state index contributed by atoms with van der Waals surface area (Å²) in [6, 6.07) is 7.94. The maximum atomic E-state index is 5.52. The first-order valence-electron chi connectivity index (χ1n) is 7.35. The summed E-state index contributed by atoms with van der Waals surface area (Å²) in [6.45, 7) is 0.268. The van der Waals surface area contributed by atoms with Gasteiger partial charge in [0.1, 0.15) is 0 Å². The van der Waals surface area contributed by atoms with E-state index in [1.54, 1.807) is 11.7 Å². The summed E-state index contributed by atoms with van der Waals surface area (Å²) in [5.41, 5.74) is 3.27. The van der Waals surface area contributed by atoms with Crippen LogP contribution in [0, 0.1) is 0 Å². The summed E-state index contributed by atoms with van der Waals surface area (Å²) in [4.78, 5) is 11.8. The van der Waals surface area contributed by atoms with Gasteiger partial charge in [0, 0.05) is 37.8 Å². The van der Waals surface area contributed by atoms with E-state index in [1.807, 2.05) is 48.6 Å². The monoisotopic (exact) mass is 421 g/mol. The highest BCUT2D eigenvalue weighted by atomic mass is 79.9. The summed E-state index contributed by atoms with van der Waals surface area (Å²) < 4.78 is 2.37. The molecule has 8 nitrogen and oxygen atoms in total. The number of hydrogen-bond donors (Lipinski definition) is 0. The number of oxime groups is 1. The lowest BCUT2D eigenvalue weighted by molar-refractivity contribution is 0.128. The van der Waals surface area contributed by atoms with Crippen LogP contribution in [0.25, 0.3) is 0 Å². The summed E-state index contributed by atoms with van der Waals surface area (Å²) >= 11 is 4.83. The smallest absolute Gasteiger partial charge is 0.204 e. The molecule has 0 saturated heterocycles. The highest BCUT2D eigenvalue weighted by Crippen LogP contribution is 2.18. The van der Waals surface area contributed by atoms with E-state index in [1.165, 1.54) is 11.3 Å². The predicted molar refractivity (Wildman–Crippen MR) is 99.8 cm³/mol. The first kappa shape index (κ1) is 17.5. The number of thiazole rings is 1. The molecule has 0 N–H and O–H groups in total. The van der Waals surface area contributed by atoms with Crippen molar-refractivity contribution in [3.63, 3.8) is 0 Å². The van der Waals surface area contributed by atoms with Gasteiger partial charge in [-0.05, 0) is 38.5 Å². The molecular formula is C15H16BrN7OS. The maximum absolute atomic E-state index is 5.52. The highest BCUT2D eigenvalue weighted by molar-refractivity contribution is 9.11. The Balaban J connectivity index is 1.91. The van der Waals surface area contributed by atoms with Crippen molar-refractivity contribution in [2.75, 3.05) is 19.0 Å². The van der Waals surface area contributed by atoms with Crippen LogP contribution in [0.1, 0.15) is 17.1 Å². The van der Waals surface area contributed by atoms with Crippen LogP contribution in [0.2, 0.25) is 0 Å². The summed E-state index contributed by atoms with van der Waals surface area (Å²) in [6.07, 6.45) is 0. The minimum atomic E-state index is 0.268. The number of rotatable bonds is 6. The zero-order valence-corrected chi connectivity index (χ0v) is 16.3. The lowest BCUT2D eigenvalue weighted by atomic mass is 10.1. The van der Waals surface area contributed by atoms with Crippen LogP contribution in [-0.4, -0.2) is 45.0 Å². The molecular weight excluding hydrogens is 406 g/mol. The fourth-order valence-electron chi connectivity index (χ4n) is 2.10. The van der Waals surface area contributed by atoms with Gasteiger partial charge in [-0.1, -0.05) is 17.3 Å². The number of aromatic nitrogens is 5. The van der Waals surface area contributed by atoms with Crippen LogP contribution in [0.3, 0.4) is 0 Å². The van der Waals surface area contributed by atoms with Crippen molar-refractivity contribution >= 4 is 38.7 Å². The van der Waals surface area contributed by atoms with Crippen molar-refractivity contribution in [2.24, 2.45) is 12.2 Å². The summed E-state index contributed by atoms with van der Waals surface area (Å²) in [7, 11) is 5.73. The van der Waals surface area contributed by atoms with Crippen molar-refractivity contribution < 1.29 is 4.84 Å². The number of tetrazole rings is 1. The standard InChI is InChI=1S/C15H16BrN7OS/c1-22(2)12-6-4-5-10(7-12)13(14-18-20-21-23(14)3)19-24-8-11-9-25-15(16)17-11/h4-7,9H,8H2,1-3H3/b19-13+. The van der Waals surface area contributed by atoms with Crippen LogP contribution in [0.15, 0.2) is 38.7 Å². The summed E-state index contributed by atoms with van der Waals surface area (Å²) in [5, 5.41) is 17.8. The molecule has 0 spiro atoms. The third-order valence-electron chi connectivity index (χ3n) is 3.36. The van der Waals surface area contributed by atoms with Gasteiger partial charge in [-0.25, -0.2) is 9.67 Å². The van der Waals surface area contributed by atoms with Crippen LogP contribution in [-0.2, 0) is 18.5 Å². The van der Waals surface area contributed by atoms with E-state index in [2.05, 4.69) is 41.6 Å². The predicted octanol–water partition coefficient (Wildman–Crippen LogP) is 2.46. The Labute approximate surface area is 157 Å².